The topological polar surface area (TPSA) is 74.6 Å². The Kier molecular flexibility index (Phi) is 4.72. The molecule has 2 N–H and O–H groups in total. The highest BCUT2D eigenvalue weighted by atomic mass is 16.4. The van der Waals surface area contributed by atoms with Gasteiger partial charge in [0.25, 0.3) is 0 Å². The highest BCUT2D eigenvalue weighted by Gasteiger charge is 2.21. The van der Waals surface area contributed by atoms with E-state index in [4.69, 9.17) is 5.11 Å². The molecule has 4 heteroatoms. The molecule has 2 rings (SSSR count). The molecule has 0 saturated carbocycles. The summed E-state index contributed by atoms with van der Waals surface area (Å²) in [4.78, 5) is 22.6. The van der Waals surface area contributed by atoms with Gasteiger partial charge in [0, 0.05) is 0 Å². The third-order valence-electron chi connectivity index (χ3n) is 3.39. The van der Waals surface area contributed by atoms with E-state index in [2.05, 4.69) is 0 Å². The summed E-state index contributed by atoms with van der Waals surface area (Å²) in [6.45, 7) is 0. The van der Waals surface area contributed by atoms with Crippen LogP contribution in [-0.4, -0.2) is 22.2 Å². The summed E-state index contributed by atoms with van der Waals surface area (Å²) in [5.41, 5.74) is 1.64. The SMILES string of the molecule is O=C(O)c1ccccc1C[C@@H](Cc1ccccc1)C(=O)O. The normalized spacial score (nSPS) is 11.8. The van der Waals surface area contributed by atoms with Crippen molar-refractivity contribution in [1.82, 2.24) is 0 Å². The molecule has 0 aliphatic heterocycles. The first-order valence-corrected chi connectivity index (χ1v) is 6.66. The van der Waals surface area contributed by atoms with Gasteiger partial charge in [-0.3, -0.25) is 4.79 Å². The highest BCUT2D eigenvalue weighted by molar-refractivity contribution is 5.89. The molecule has 4 nitrogen and oxygen atoms in total. The first-order valence-electron chi connectivity index (χ1n) is 6.66. The lowest BCUT2D eigenvalue weighted by Gasteiger charge is -2.14. The van der Waals surface area contributed by atoms with Gasteiger partial charge in [0.05, 0.1) is 11.5 Å². The molecular weight excluding hydrogens is 268 g/mol. The fourth-order valence-electron chi connectivity index (χ4n) is 2.32. The van der Waals surface area contributed by atoms with Crippen molar-refractivity contribution in [2.45, 2.75) is 12.8 Å². The van der Waals surface area contributed by atoms with Gasteiger partial charge in [-0.05, 0) is 30.0 Å². The molecule has 0 aliphatic carbocycles. The third kappa shape index (κ3) is 3.92. The van der Waals surface area contributed by atoms with Crippen molar-refractivity contribution in [3.05, 3.63) is 71.3 Å². The number of rotatable bonds is 6. The van der Waals surface area contributed by atoms with E-state index in [1.165, 1.54) is 6.07 Å². The minimum absolute atomic E-state index is 0.164. The van der Waals surface area contributed by atoms with Crippen molar-refractivity contribution >= 4 is 11.9 Å². The molecule has 0 fully saturated rings. The van der Waals surface area contributed by atoms with Crippen LogP contribution in [0, 0.1) is 5.92 Å². The van der Waals surface area contributed by atoms with Crippen LogP contribution < -0.4 is 0 Å². The van der Waals surface area contributed by atoms with E-state index in [1.807, 2.05) is 30.3 Å². The van der Waals surface area contributed by atoms with Crippen LogP contribution >= 0.6 is 0 Å². The van der Waals surface area contributed by atoms with Crippen LogP contribution in [0.1, 0.15) is 21.5 Å². The maximum absolute atomic E-state index is 11.4. The average molecular weight is 284 g/mol. The predicted molar refractivity (Wildman–Crippen MR) is 78.4 cm³/mol. The van der Waals surface area contributed by atoms with Crippen LogP contribution in [0.25, 0.3) is 0 Å². The zero-order valence-corrected chi connectivity index (χ0v) is 11.4. The van der Waals surface area contributed by atoms with E-state index in [0.717, 1.165) is 5.56 Å². The van der Waals surface area contributed by atoms with Crippen LogP contribution in [0.15, 0.2) is 54.6 Å². The minimum Gasteiger partial charge on any atom is -0.481 e. The molecular formula is C17H16O4. The summed E-state index contributed by atoms with van der Waals surface area (Å²) < 4.78 is 0. The fraction of sp³-hybridized carbons (Fsp3) is 0.176. The van der Waals surface area contributed by atoms with Gasteiger partial charge in [-0.25, -0.2) is 4.79 Å². The van der Waals surface area contributed by atoms with Crippen LogP contribution in [0.4, 0.5) is 0 Å². The van der Waals surface area contributed by atoms with Gasteiger partial charge in [-0.1, -0.05) is 48.5 Å². The largest absolute Gasteiger partial charge is 0.481 e. The number of hydrogen-bond donors (Lipinski definition) is 2. The first-order chi connectivity index (χ1) is 10.1. The Bertz CT molecular complexity index is 634. The molecule has 1 atom stereocenters. The van der Waals surface area contributed by atoms with Gasteiger partial charge in [-0.2, -0.15) is 0 Å². The summed E-state index contributed by atoms with van der Waals surface area (Å²) in [5, 5.41) is 18.5. The molecule has 0 amide bonds. The predicted octanol–water partition coefficient (Wildman–Crippen LogP) is 2.87. The van der Waals surface area contributed by atoms with E-state index in [9.17, 15) is 14.7 Å². The second-order valence-electron chi connectivity index (χ2n) is 4.89. The fourth-order valence-corrected chi connectivity index (χ4v) is 2.32. The van der Waals surface area contributed by atoms with Gasteiger partial charge in [0.15, 0.2) is 0 Å². The van der Waals surface area contributed by atoms with E-state index >= 15 is 0 Å². The Morgan fingerprint density at radius 2 is 1.48 bits per heavy atom. The van der Waals surface area contributed by atoms with Crippen molar-refractivity contribution < 1.29 is 19.8 Å². The molecule has 108 valence electrons. The zero-order valence-electron chi connectivity index (χ0n) is 11.4. The molecule has 0 radical (unpaired) electrons. The molecule has 2 aromatic rings. The number of aromatic carboxylic acids is 1. The second kappa shape index (κ2) is 6.70. The number of aliphatic carboxylic acids is 1. The second-order valence-corrected chi connectivity index (χ2v) is 4.89. The number of carboxylic acids is 2. The van der Waals surface area contributed by atoms with Crippen molar-refractivity contribution in [1.29, 1.82) is 0 Å². The molecule has 21 heavy (non-hydrogen) atoms. The summed E-state index contributed by atoms with van der Waals surface area (Å²) in [7, 11) is 0. The van der Waals surface area contributed by atoms with E-state index < -0.39 is 17.9 Å². The van der Waals surface area contributed by atoms with Gasteiger partial charge in [0.2, 0.25) is 0 Å². The highest BCUT2D eigenvalue weighted by Crippen LogP contribution is 2.18. The number of benzene rings is 2. The Morgan fingerprint density at radius 3 is 2.10 bits per heavy atom. The molecule has 0 aliphatic rings. The van der Waals surface area contributed by atoms with Crippen LogP contribution in [0.5, 0.6) is 0 Å². The standard InChI is InChI=1S/C17H16O4/c18-16(19)14(10-12-6-2-1-3-7-12)11-13-8-4-5-9-15(13)17(20)21/h1-9,14H,10-11H2,(H,18,19)(H,20,21)/t14-/m1/s1. The van der Waals surface area contributed by atoms with Crippen LogP contribution in [-0.2, 0) is 17.6 Å². The van der Waals surface area contributed by atoms with Crippen molar-refractivity contribution in [2.24, 2.45) is 5.92 Å². The lowest BCUT2D eigenvalue weighted by molar-refractivity contribution is -0.141. The quantitative estimate of drug-likeness (QED) is 0.855. The van der Waals surface area contributed by atoms with Gasteiger partial charge in [0.1, 0.15) is 0 Å². The Morgan fingerprint density at radius 1 is 0.857 bits per heavy atom. The number of carboxylic acid groups (broad SMARTS) is 2. The summed E-state index contributed by atoms with van der Waals surface area (Å²) in [6.07, 6.45) is 0.580. The van der Waals surface area contributed by atoms with E-state index in [1.54, 1.807) is 18.2 Å². The number of carbonyl (C=O) groups is 2. The summed E-state index contributed by atoms with van der Waals surface area (Å²) in [6, 6.07) is 15.9. The molecule has 0 spiro atoms. The Balaban J connectivity index is 2.21. The maximum Gasteiger partial charge on any atom is 0.335 e. The van der Waals surface area contributed by atoms with Gasteiger partial charge >= 0.3 is 11.9 Å². The maximum atomic E-state index is 11.4. The lowest BCUT2D eigenvalue weighted by Crippen LogP contribution is -2.20. The van der Waals surface area contributed by atoms with Crippen LogP contribution in [0.3, 0.4) is 0 Å². The van der Waals surface area contributed by atoms with Crippen molar-refractivity contribution in [3.63, 3.8) is 0 Å². The molecule has 0 saturated heterocycles. The smallest absolute Gasteiger partial charge is 0.335 e. The monoisotopic (exact) mass is 284 g/mol. The number of hydrogen-bond acceptors (Lipinski definition) is 2. The lowest BCUT2D eigenvalue weighted by atomic mass is 9.90. The molecule has 0 aromatic heterocycles. The van der Waals surface area contributed by atoms with Crippen LogP contribution in [0.2, 0.25) is 0 Å². The third-order valence-corrected chi connectivity index (χ3v) is 3.39. The Hall–Kier alpha value is -2.62. The van der Waals surface area contributed by atoms with Gasteiger partial charge < -0.3 is 10.2 Å². The molecule has 0 unspecified atom stereocenters. The van der Waals surface area contributed by atoms with Gasteiger partial charge in [-0.15, -0.1) is 0 Å². The average Bonchev–Trinajstić information content (AvgIpc) is 2.48. The summed E-state index contributed by atoms with van der Waals surface area (Å²) in [5.74, 6) is -2.60. The first kappa shape index (κ1) is 14.8. The van der Waals surface area contributed by atoms with E-state index in [-0.39, 0.29) is 12.0 Å². The minimum atomic E-state index is -1.03. The molecule has 0 bridgehead atoms. The van der Waals surface area contributed by atoms with E-state index in [0.29, 0.717) is 12.0 Å². The van der Waals surface area contributed by atoms with Crippen molar-refractivity contribution in [2.75, 3.05) is 0 Å². The molecule has 0 heterocycles. The Labute approximate surface area is 122 Å². The zero-order chi connectivity index (χ0) is 15.2. The van der Waals surface area contributed by atoms with Crippen molar-refractivity contribution in [3.8, 4) is 0 Å². The molecule has 2 aromatic carbocycles. The summed E-state index contributed by atoms with van der Waals surface area (Å²) >= 11 is 0.